The van der Waals surface area contributed by atoms with E-state index in [4.69, 9.17) is 5.11 Å². The Morgan fingerprint density at radius 1 is 1.57 bits per heavy atom. The maximum Gasteiger partial charge on any atom is 0.354 e. The molecule has 0 spiro atoms. The van der Waals surface area contributed by atoms with Crippen molar-refractivity contribution >= 4 is 18.3 Å². The first-order valence-electron chi connectivity index (χ1n) is 3.96. The van der Waals surface area contributed by atoms with E-state index in [1.807, 2.05) is 0 Å². The van der Waals surface area contributed by atoms with Crippen LogP contribution in [0.5, 0.6) is 0 Å². The van der Waals surface area contributed by atoms with E-state index < -0.39 is 5.97 Å². The molecular weight excluding hydrogens is 184 g/mol. The predicted molar refractivity (Wildman–Crippen MR) is 50.0 cm³/mol. The van der Waals surface area contributed by atoms with E-state index in [1.54, 1.807) is 14.0 Å². The number of aryl methyl sites for hydroxylation is 2. The summed E-state index contributed by atoms with van der Waals surface area (Å²) < 4.78 is 1.28. The van der Waals surface area contributed by atoms with E-state index in [-0.39, 0.29) is 5.69 Å². The lowest BCUT2D eigenvalue weighted by atomic mass is 10.2. The molecule has 0 aliphatic heterocycles. The lowest BCUT2D eigenvalue weighted by Gasteiger charge is -1.95. The minimum Gasteiger partial charge on any atom is -0.477 e. The molecule has 1 rings (SSSR count). The minimum absolute atomic E-state index is 0.0839. The smallest absolute Gasteiger partial charge is 0.354 e. The van der Waals surface area contributed by atoms with Gasteiger partial charge in [0, 0.05) is 12.6 Å². The number of nitrogens with zero attached hydrogens (tertiary/aromatic N) is 2. The van der Waals surface area contributed by atoms with Crippen molar-refractivity contribution in [3.63, 3.8) is 0 Å². The third-order valence-corrected chi connectivity index (χ3v) is 1.81. The van der Waals surface area contributed by atoms with Crippen molar-refractivity contribution in [1.29, 1.82) is 0 Å². The second-order valence-corrected chi connectivity index (χ2v) is 2.77. The quantitative estimate of drug-likeness (QED) is 0.566. The second-order valence-electron chi connectivity index (χ2n) is 2.77. The van der Waals surface area contributed by atoms with Gasteiger partial charge in [-0.1, -0.05) is 0 Å². The van der Waals surface area contributed by atoms with Crippen molar-refractivity contribution < 1.29 is 14.7 Å². The van der Waals surface area contributed by atoms with E-state index >= 15 is 0 Å². The van der Waals surface area contributed by atoms with Crippen LogP contribution in [0.1, 0.15) is 21.7 Å². The van der Waals surface area contributed by atoms with Crippen LogP contribution >= 0.6 is 0 Å². The molecule has 1 N–H and O–H groups in total. The summed E-state index contributed by atoms with van der Waals surface area (Å²) in [6.45, 7) is 1.69. The standard InChI is InChI=1S/C9H10N2O3/c1-6-7(4-3-5-12)8(9(13)14)11(2)10-6/h3-5H,1-2H3,(H,13,14). The van der Waals surface area contributed by atoms with E-state index in [9.17, 15) is 9.59 Å². The Labute approximate surface area is 80.7 Å². The Kier molecular flexibility index (Phi) is 2.81. The molecule has 0 fully saturated rings. The summed E-state index contributed by atoms with van der Waals surface area (Å²) in [5, 5.41) is 12.8. The molecule has 0 saturated heterocycles. The molecule has 0 aliphatic rings. The molecule has 0 aliphatic carbocycles. The molecule has 1 aromatic heterocycles. The van der Waals surface area contributed by atoms with Crippen LogP contribution in [0, 0.1) is 6.92 Å². The highest BCUT2D eigenvalue weighted by molar-refractivity contribution is 5.91. The number of aromatic carboxylic acids is 1. The average molecular weight is 194 g/mol. The lowest BCUT2D eigenvalue weighted by Crippen LogP contribution is -2.06. The fraction of sp³-hybridized carbons (Fsp3) is 0.222. The molecule has 0 saturated carbocycles. The van der Waals surface area contributed by atoms with Crippen LogP contribution in [-0.2, 0) is 11.8 Å². The Balaban J connectivity index is 3.31. The van der Waals surface area contributed by atoms with Crippen molar-refractivity contribution in [3.05, 3.63) is 23.0 Å². The topological polar surface area (TPSA) is 72.2 Å². The van der Waals surface area contributed by atoms with Crippen LogP contribution < -0.4 is 0 Å². The Morgan fingerprint density at radius 3 is 2.71 bits per heavy atom. The van der Waals surface area contributed by atoms with E-state index in [0.717, 1.165) is 0 Å². The Bertz CT molecular complexity index is 404. The zero-order valence-corrected chi connectivity index (χ0v) is 7.89. The fourth-order valence-corrected chi connectivity index (χ4v) is 1.26. The van der Waals surface area contributed by atoms with Gasteiger partial charge in [-0.25, -0.2) is 4.79 Å². The molecule has 0 aromatic carbocycles. The summed E-state index contributed by atoms with van der Waals surface area (Å²) in [7, 11) is 1.55. The Hall–Kier alpha value is -1.91. The minimum atomic E-state index is -1.06. The fourth-order valence-electron chi connectivity index (χ4n) is 1.26. The van der Waals surface area contributed by atoms with E-state index in [0.29, 0.717) is 17.5 Å². The zero-order chi connectivity index (χ0) is 10.7. The van der Waals surface area contributed by atoms with Crippen LogP contribution in [0.2, 0.25) is 0 Å². The first kappa shape index (κ1) is 10.2. The SMILES string of the molecule is Cc1nn(C)c(C(=O)O)c1C=CC=O. The number of hydrogen-bond acceptors (Lipinski definition) is 3. The summed E-state index contributed by atoms with van der Waals surface area (Å²) in [6.07, 6.45) is 3.29. The monoisotopic (exact) mass is 194 g/mol. The van der Waals surface area contributed by atoms with Crippen molar-refractivity contribution in [2.24, 2.45) is 7.05 Å². The average Bonchev–Trinajstić information content (AvgIpc) is 2.37. The van der Waals surface area contributed by atoms with E-state index in [1.165, 1.54) is 16.8 Å². The van der Waals surface area contributed by atoms with E-state index in [2.05, 4.69) is 5.10 Å². The highest BCUT2D eigenvalue weighted by Crippen LogP contribution is 2.14. The van der Waals surface area contributed by atoms with Crippen LogP contribution in [0.15, 0.2) is 6.08 Å². The predicted octanol–water partition coefficient (Wildman–Crippen LogP) is 0.639. The van der Waals surface area contributed by atoms with Crippen molar-refractivity contribution in [2.75, 3.05) is 0 Å². The first-order chi connectivity index (χ1) is 6.57. The normalized spacial score (nSPS) is 10.7. The van der Waals surface area contributed by atoms with Gasteiger partial charge in [0.25, 0.3) is 0 Å². The van der Waals surface area contributed by atoms with Gasteiger partial charge in [0.1, 0.15) is 6.29 Å². The Morgan fingerprint density at radius 2 is 2.21 bits per heavy atom. The molecule has 74 valence electrons. The number of rotatable bonds is 3. The number of aldehydes is 1. The molecule has 14 heavy (non-hydrogen) atoms. The van der Waals surface area contributed by atoms with Crippen LogP contribution in [-0.4, -0.2) is 27.1 Å². The van der Waals surface area contributed by atoms with Crippen LogP contribution in [0.3, 0.4) is 0 Å². The highest BCUT2D eigenvalue weighted by Gasteiger charge is 2.16. The molecule has 0 atom stereocenters. The molecule has 0 radical (unpaired) electrons. The summed E-state index contributed by atoms with van der Waals surface area (Å²) in [5.74, 6) is -1.06. The zero-order valence-electron chi connectivity index (χ0n) is 7.89. The van der Waals surface area contributed by atoms with Gasteiger partial charge in [0.2, 0.25) is 0 Å². The number of carbonyl (C=O) groups is 2. The molecule has 5 heteroatoms. The van der Waals surface area contributed by atoms with Crippen LogP contribution in [0.4, 0.5) is 0 Å². The summed E-state index contributed by atoms with van der Waals surface area (Å²) >= 11 is 0. The molecule has 0 amide bonds. The van der Waals surface area contributed by atoms with Crippen molar-refractivity contribution in [1.82, 2.24) is 9.78 Å². The lowest BCUT2D eigenvalue weighted by molar-refractivity contribution is -0.104. The van der Waals surface area contributed by atoms with Crippen LogP contribution in [0.25, 0.3) is 6.08 Å². The maximum absolute atomic E-state index is 10.8. The van der Waals surface area contributed by atoms with Gasteiger partial charge >= 0.3 is 5.97 Å². The summed E-state index contributed by atoms with van der Waals surface area (Å²) in [4.78, 5) is 21.0. The van der Waals surface area contributed by atoms with Gasteiger partial charge in [-0.3, -0.25) is 9.48 Å². The molecule has 5 nitrogen and oxygen atoms in total. The maximum atomic E-state index is 10.8. The number of carbonyl (C=O) groups excluding carboxylic acids is 1. The molecule has 0 unspecified atom stereocenters. The van der Waals surface area contributed by atoms with Crippen molar-refractivity contribution in [3.8, 4) is 0 Å². The van der Waals surface area contributed by atoms with Gasteiger partial charge in [-0.2, -0.15) is 5.10 Å². The van der Waals surface area contributed by atoms with Gasteiger partial charge in [0.05, 0.1) is 5.69 Å². The molecule has 1 aromatic rings. The third kappa shape index (κ3) is 1.71. The molecular formula is C9H10N2O3. The van der Waals surface area contributed by atoms with Gasteiger partial charge < -0.3 is 5.11 Å². The highest BCUT2D eigenvalue weighted by atomic mass is 16.4. The summed E-state index contributed by atoms with van der Waals surface area (Å²) in [6, 6.07) is 0. The van der Waals surface area contributed by atoms with Gasteiger partial charge in [0.15, 0.2) is 5.69 Å². The van der Waals surface area contributed by atoms with Gasteiger partial charge in [-0.05, 0) is 19.1 Å². The number of aromatic nitrogens is 2. The number of hydrogen-bond donors (Lipinski definition) is 1. The third-order valence-electron chi connectivity index (χ3n) is 1.81. The molecule has 0 bridgehead atoms. The second kappa shape index (κ2) is 3.87. The number of carboxylic acid groups (broad SMARTS) is 1. The van der Waals surface area contributed by atoms with Crippen molar-refractivity contribution in [2.45, 2.75) is 6.92 Å². The number of allylic oxidation sites excluding steroid dienone is 1. The molecule has 1 heterocycles. The summed E-state index contributed by atoms with van der Waals surface area (Å²) in [5.41, 5.74) is 1.13. The largest absolute Gasteiger partial charge is 0.477 e. The first-order valence-corrected chi connectivity index (χ1v) is 3.96. The number of carboxylic acids is 1. The van der Waals surface area contributed by atoms with Gasteiger partial charge in [-0.15, -0.1) is 0 Å².